The predicted molar refractivity (Wildman–Crippen MR) is 72.7 cm³/mol. The largest absolute Gasteiger partial charge is 0.489 e. The first-order valence-corrected chi connectivity index (χ1v) is 7.26. The van der Waals surface area contributed by atoms with Gasteiger partial charge in [-0.1, -0.05) is 11.6 Å². The lowest BCUT2D eigenvalue weighted by Gasteiger charge is -2.15. The summed E-state index contributed by atoms with van der Waals surface area (Å²) in [6, 6.07) is 3.51. The van der Waals surface area contributed by atoms with Crippen molar-refractivity contribution in [2.24, 2.45) is 5.41 Å². The van der Waals surface area contributed by atoms with Gasteiger partial charge in [-0.3, -0.25) is 4.79 Å². The first-order chi connectivity index (χ1) is 9.55. The van der Waals surface area contributed by atoms with E-state index in [9.17, 15) is 9.90 Å². The Morgan fingerprint density at radius 3 is 2.45 bits per heavy atom. The SMILES string of the molecule is O=C(O)C1(c2cc(Cl)c3c(c2)OCC2(CC2)CO3)CC1. The van der Waals surface area contributed by atoms with Crippen molar-refractivity contribution in [3.05, 3.63) is 22.7 Å². The number of carbonyl (C=O) groups is 1. The maximum Gasteiger partial charge on any atom is 0.314 e. The average Bonchev–Trinajstić information content (AvgIpc) is 3.28. The predicted octanol–water partition coefficient (Wildman–Crippen LogP) is 3.01. The van der Waals surface area contributed by atoms with E-state index in [2.05, 4.69) is 0 Å². The van der Waals surface area contributed by atoms with Gasteiger partial charge < -0.3 is 14.6 Å². The Bertz CT molecular complexity index is 602. The average molecular weight is 295 g/mol. The molecule has 106 valence electrons. The van der Waals surface area contributed by atoms with Crippen LogP contribution in [0, 0.1) is 5.41 Å². The number of halogens is 1. The first kappa shape index (κ1) is 12.3. The van der Waals surface area contributed by atoms with Gasteiger partial charge in [0.05, 0.1) is 23.7 Å². The second kappa shape index (κ2) is 3.82. The van der Waals surface area contributed by atoms with Crippen molar-refractivity contribution >= 4 is 17.6 Å². The molecule has 0 radical (unpaired) electrons. The molecule has 1 N–H and O–H groups in total. The molecule has 0 amide bonds. The Labute approximate surface area is 121 Å². The Morgan fingerprint density at radius 2 is 1.85 bits per heavy atom. The van der Waals surface area contributed by atoms with Crippen LogP contribution in [0.15, 0.2) is 12.1 Å². The fourth-order valence-electron chi connectivity index (χ4n) is 2.81. The molecule has 0 atom stereocenters. The van der Waals surface area contributed by atoms with Crippen molar-refractivity contribution in [1.82, 2.24) is 0 Å². The van der Waals surface area contributed by atoms with Gasteiger partial charge in [0.25, 0.3) is 0 Å². The van der Waals surface area contributed by atoms with Crippen LogP contribution in [0.1, 0.15) is 31.2 Å². The van der Waals surface area contributed by atoms with Gasteiger partial charge in [-0.15, -0.1) is 0 Å². The van der Waals surface area contributed by atoms with Crippen molar-refractivity contribution in [2.45, 2.75) is 31.1 Å². The van der Waals surface area contributed by atoms with E-state index < -0.39 is 11.4 Å². The molecule has 0 bridgehead atoms. The number of hydrogen-bond acceptors (Lipinski definition) is 3. The number of fused-ring (bicyclic) bond motifs is 1. The normalized spacial score (nSPS) is 24.1. The van der Waals surface area contributed by atoms with Crippen molar-refractivity contribution < 1.29 is 19.4 Å². The minimum atomic E-state index is -0.790. The molecule has 2 aliphatic carbocycles. The Balaban J connectivity index is 1.74. The molecule has 3 aliphatic rings. The zero-order valence-corrected chi connectivity index (χ0v) is 11.7. The summed E-state index contributed by atoms with van der Waals surface area (Å²) in [6.07, 6.45) is 3.54. The maximum absolute atomic E-state index is 11.4. The molecule has 4 nitrogen and oxygen atoms in total. The van der Waals surface area contributed by atoms with E-state index in [1.54, 1.807) is 12.1 Å². The van der Waals surface area contributed by atoms with Crippen LogP contribution >= 0.6 is 11.6 Å². The van der Waals surface area contributed by atoms with Crippen LogP contribution in [0.4, 0.5) is 0 Å². The highest BCUT2D eigenvalue weighted by molar-refractivity contribution is 6.32. The van der Waals surface area contributed by atoms with Crippen LogP contribution < -0.4 is 9.47 Å². The molecule has 4 rings (SSSR count). The summed E-state index contributed by atoms with van der Waals surface area (Å²) >= 11 is 6.27. The number of benzene rings is 1. The van der Waals surface area contributed by atoms with Crippen LogP contribution in [0.25, 0.3) is 0 Å². The highest BCUT2D eigenvalue weighted by Crippen LogP contribution is 2.54. The number of hydrogen-bond donors (Lipinski definition) is 1. The molecular formula is C15H15ClO4. The quantitative estimate of drug-likeness (QED) is 0.911. The van der Waals surface area contributed by atoms with Gasteiger partial charge in [0, 0.05) is 5.41 Å². The highest BCUT2D eigenvalue weighted by atomic mass is 35.5. The number of rotatable bonds is 2. The second-order valence-corrected chi connectivity index (χ2v) is 6.66. The molecule has 0 aromatic heterocycles. The minimum absolute atomic E-state index is 0.145. The van der Waals surface area contributed by atoms with Gasteiger partial charge in [0.2, 0.25) is 0 Å². The van der Waals surface area contributed by atoms with E-state index in [1.165, 1.54) is 0 Å². The Morgan fingerprint density at radius 1 is 1.15 bits per heavy atom. The van der Waals surface area contributed by atoms with E-state index in [4.69, 9.17) is 21.1 Å². The monoisotopic (exact) mass is 294 g/mol. The summed E-state index contributed by atoms with van der Waals surface area (Å²) in [7, 11) is 0. The third kappa shape index (κ3) is 1.71. The van der Waals surface area contributed by atoms with Crippen molar-refractivity contribution in [1.29, 1.82) is 0 Å². The summed E-state index contributed by atoms with van der Waals surface area (Å²) in [6.45, 7) is 1.25. The molecule has 1 aliphatic heterocycles. The van der Waals surface area contributed by atoms with Gasteiger partial charge in [0.1, 0.15) is 0 Å². The molecule has 2 fully saturated rings. The topological polar surface area (TPSA) is 55.8 Å². The fourth-order valence-corrected chi connectivity index (χ4v) is 3.07. The summed E-state index contributed by atoms with van der Waals surface area (Å²) in [4.78, 5) is 11.4. The number of carboxylic acids is 1. The summed E-state index contributed by atoms with van der Waals surface area (Å²) < 4.78 is 11.6. The fraction of sp³-hybridized carbons (Fsp3) is 0.533. The molecule has 0 saturated heterocycles. The van der Waals surface area contributed by atoms with Gasteiger partial charge in [0.15, 0.2) is 11.5 Å². The molecule has 1 aromatic carbocycles. The van der Waals surface area contributed by atoms with Crippen molar-refractivity contribution in [3.63, 3.8) is 0 Å². The van der Waals surface area contributed by atoms with E-state index in [-0.39, 0.29) is 5.41 Å². The molecular weight excluding hydrogens is 280 g/mol. The number of aliphatic carboxylic acids is 1. The number of carboxylic acid groups (broad SMARTS) is 1. The second-order valence-electron chi connectivity index (χ2n) is 6.25. The van der Waals surface area contributed by atoms with E-state index in [0.29, 0.717) is 42.6 Å². The molecule has 0 unspecified atom stereocenters. The Hall–Kier alpha value is -1.42. The van der Waals surface area contributed by atoms with Crippen LogP contribution in [0.3, 0.4) is 0 Å². The van der Waals surface area contributed by atoms with Gasteiger partial charge in [-0.2, -0.15) is 0 Å². The van der Waals surface area contributed by atoms with Crippen LogP contribution in [0.5, 0.6) is 11.5 Å². The first-order valence-electron chi connectivity index (χ1n) is 6.88. The maximum atomic E-state index is 11.4. The summed E-state index contributed by atoms with van der Waals surface area (Å²) in [5, 5.41) is 9.83. The molecule has 1 heterocycles. The lowest BCUT2D eigenvalue weighted by atomic mass is 9.96. The lowest BCUT2D eigenvalue weighted by Crippen LogP contribution is -2.19. The third-order valence-corrected chi connectivity index (χ3v) is 5.02. The molecule has 1 spiro atoms. The van der Waals surface area contributed by atoms with Gasteiger partial charge in [-0.05, 0) is 43.4 Å². The molecule has 1 aromatic rings. The third-order valence-electron chi connectivity index (χ3n) is 4.74. The Kier molecular flexibility index (Phi) is 2.35. The molecule has 20 heavy (non-hydrogen) atoms. The van der Waals surface area contributed by atoms with Gasteiger partial charge >= 0.3 is 5.97 Å². The van der Waals surface area contributed by atoms with Crippen LogP contribution in [0.2, 0.25) is 5.02 Å². The zero-order chi connectivity index (χ0) is 14.0. The zero-order valence-electron chi connectivity index (χ0n) is 10.9. The van der Waals surface area contributed by atoms with E-state index >= 15 is 0 Å². The van der Waals surface area contributed by atoms with E-state index in [0.717, 1.165) is 18.4 Å². The van der Waals surface area contributed by atoms with Gasteiger partial charge in [-0.25, -0.2) is 0 Å². The highest BCUT2D eigenvalue weighted by Gasteiger charge is 2.53. The smallest absolute Gasteiger partial charge is 0.314 e. The molecule has 5 heteroatoms. The molecule has 2 saturated carbocycles. The minimum Gasteiger partial charge on any atom is -0.489 e. The summed E-state index contributed by atoms with van der Waals surface area (Å²) in [5.41, 5.74) is 0.0992. The summed E-state index contributed by atoms with van der Waals surface area (Å²) in [5.74, 6) is 0.353. The van der Waals surface area contributed by atoms with Crippen molar-refractivity contribution in [3.8, 4) is 11.5 Å². The number of ether oxygens (including phenoxy) is 2. The van der Waals surface area contributed by atoms with Crippen molar-refractivity contribution in [2.75, 3.05) is 13.2 Å². The van der Waals surface area contributed by atoms with Crippen LogP contribution in [-0.4, -0.2) is 24.3 Å². The standard InChI is InChI=1S/C15H15ClO4/c16-10-5-9(15(3-4-15)13(17)18)6-11-12(10)20-8-14(1-2-14)7-19-11/h5-6H,1-4,7-8H2,(H,17,18). The van der Waals surface area contributed by atoms with E-state index in [1.807, 2.05) is 0 Å². The van der Waals surface area contributed by atoms with Crippen LogP contribution in [-0.2, 0) is 10.2 Å². The lowest BCUT2D eigenvalue weighted by molar-refractivity contribution is -0.140.